The number of aliphatic hydroxyl groups is 1. The summed E-state index contributed by atoms with van der Waals surface area (Å²) in [7, 11) is -0.0146. The molecule has 216 valence electrons. The minimum atomic E-state index is -3.45. The van der Waals surface area contributed by atoms with E-state index < -0.39 is 22.2 Å². The molecule has 2 aromatic carbocycles. The average molecular weight is 571 g/mol. The van der Waals surface area contributed by atoms with Crippen molar-refractivity contribution in [1.82, 2.24) is 13.8 Å². The third-order valence-corrected chi connectivity index (χ3v) is 8.82. The fourth-order valence-corrected chi connectivity index (χ4v) is 5.48. The van der Waals surface area contributed by atoms with Crippen molar-refractivity contribution >= 4 is 38.4 Å². The van der Waals surface area contributed by atoms with Gasteiger partial charge in [-0.2, -0.15) is 0 Å². The van der Waals surface area contributed by atoms with Gasteiger partial charge in [0.05, 0.1) is 38.3 Å². The van der Waals surface area contributed by atoms with E-state index in [0.29, 0.717) is 23.5 Å². The van der Waals surface area contributed by atoms with Crippen molar-refractivity contribution < 1.29 is 27.9 Å². The lowest BCUT2D eigenvalue weighted by Crippen LogP contribution is -2.48. The lowest BCUT2D eigenvalue weighted by Gasteiger charge is -2.33. The molecule has 2 N–H and O–H groups in total. The third-order valence-electron chi connectivity index (χ3n) is 7.53. The van der Waals surface area contributed by atoms with E-state index in [-0.39, 0.29) is 43.7 Å². The Labute approximate surface area is 235 Å². The molecule has 0 spiro atoms. The molecule has 3 atom stereocenters. The fraction of sp³-hybridized carbons (Fsp3) is 0.448. The number of aryl methyl sites for hydroxylation is 1. The Morgan fingerprint density at radius 1 is 1.25 bits per heavy atom. The number of nitrogens with one attached hydrogen (secondary N) is 1. The van der Waals surface area contributed by atoms with E-state index in [2.05, 4.69) is 5.32 Å². The molecule has 11 heteroatoms. The summed E-state index contributed by atoms with van der Waals surface area (Å²) in [4.78, 5) is 28.0. The third kappa shape index (κ3) is 6.65. The predicted octanol–water partition coefficient (Wildman–Crippen LogP) is 2.40. The van der Waals surface area contributed by atoms with Gasteiger partial charge in [0.15, 0.2) is 0 Å². The van der Waals surface area contributed by atoms with Gasteiger partial charge in [-0.05, 0) is 36.8 Å². The standard InChI is InChI=1S/C29H38N4O6S/c1-19-15-33(20(2)18-34)29(36)14-21-12-23(10-11-26(21)39-27(19)17-32(4)40(5,37)38)30-28(35)13-22-16-31(3)25-9-7-6-8-24(22)25/h6-12,16,19-20,27,34H,13-15,17-18H2,1-5H3,(H,30,35)/t19-,20+,27+/m0/s1. The number of carbonyl (C=O) groups excluding carboxylic acids is 2. The van der Waals surface area contributed by atoms with Crippen LogP contribution in [0.5, 0.6) is 5.75 Å². The van der Waals surface area contributed by atoms with Gasteiger partial charge < -0.3 is 24.6 Å². The quantitative estimate of drug-likeness (QED) is 0.429. The topological polar surface area (TPSA) is 121 Å². The largest absolute Gasteiger partial charge is 0.488 e. The zero-order chi connectivity index (χ0) is 29.2. The molecule has 4 rings (SSSR count). The Bertz CT molecular complexity index is 1500. The van der Waals surface area contributed by atoms with Gasteiger partial charge in [-0.15, -0.1) is 0 Å². The number of fused-ring (bicyclic) bond motifs is 2. The minimum absolute atomic E-state index is 0.00800. The molecule has 40 heavy (non-hydrogen) atoms. The van der Waals surface area contributed by atoms with Crippen LogP contribution in [-0.4, -0.2) is 84.3 Å². The maximum Gasteiger partial charge on any atom is 0.228 e. The van der Waals surface area contributed by atoms with Crippen LogP contribution in [-0.2, 0) is 39.5 Å². The van der Waals surface area contributed by atoms with Gasteiger partial charge in [0.25, 0.3) is 0 Å². The van der Waals surface area contributed by atoms with Crippen molar-refractivity contribution in [3.8, 4) is 5.75 Å². The number of para-hydroxylation sites is 1. The van der Waals surface area contributed by atoms with Gasteiger partial charge in [0, 0.05) is 54.9 Å². The molecule has 1 aliphatic heterocycles. The fourth-order valence-electron chi connectivity index (χ4n) is 5.06. The highest BCUT2D eigenvalue weighted by molar-refractivity contribution is 7.88. The summed E-state index contributed by atoms with van der Waals surface area (Å²) in [5.41, 5.74) is 3.06. The zero-order valence-corrected chi connectivity index (χ0v) is 24.4. The summed E-state index contributed by atoms with van der Waals surface area (Å²) in [5.74, 6) is -0.149. The molecule has 0 aliphatic carbocycles. The number of amides is 2. The van der Waals surface area contributed by atoms with Crippen molar-refractivity contribution in [2.24, 2.45) is 13.0 Å². The van der Waals surface area contributed by atoms with Crippen molar-refractivity contribution in [3.63, 3.8) is 0 Å². The highest BCUT2D eigenvalue weighted by Crippen LogP contribution is 2.30. The van der Waals surface area contributed by atoms with Crippen molar-refractivity contribution in [2.75, 3.05) is 38.3 Å². The van der Waals surface area contributed by atoms with E-state index in [0.717, 1.165) is 22.7 Å². The van der Waals surface area contributed by atoms with E-state index >= 15 is 0 Å². The number of anilines is 1. The van der Waals surface area contributed by atoms with E-state index in [4.69, 9.17) is 4.74 Å². The van der Waals surface area contributed by atoms with Crippen LogP contribution < -0.4 is 10.1 Å². The van der Waals surface area contributed by atoms with Crippen LogP contribution in [0.25, 0.3) is 10.9 Å². The van der Waals surface area contributed by atoms with Crippen molar-refractivity contribution in [1.29, 1.82) is 0 Å². The summed E-state index contributed by atoms with van der Waals surface area (Å²) < 4.78 is 33.8. The second kappa shape index (κ2) is 12.0. The number of sulfonamides is 1. The molecule has 2 amide bonds. The van der Waals surface area contributed by atoms with Gasteiger partial charge >= 0.3 is 0 Å². The number of benzene rings is 2. The number of hydrogen-bond donors (Lipinski definition) is 2. The monoisotopic (exact) mass is 570 g/mol. The Kier molecular flexibility index (Phi) is 8.86. The molecule has 2 heterocycles. The van der Waals surface area contributed by atoms with Crippen LogP contribution in [0.4, 0.5) is 5.69 Å². The van der Waals surface area contributed by atoms with E-state index in [1.165, 1.54) is 11.4 Å². The summed E-state index contributed by atoms with van der Waals surface area (Å²) in [6.07, 6.45) is 2.73. The Hall–Kier alpha value is -3.41. The van der Waals surface area contributed by atoms with Crippen LogP contribution in [0.1, 0.15) is 25.0 Å². The number of likely N-dealkylation sites (N-methyl/N-ethyl adjacent to an activating group) is 1. The smallest absolute Gasteiger partial charge is 0.228 e. The Morgan fingerprint density at radius 3 is 2.67 bits per heavy atom. The van der Waals surface area contributed by atoms with Crippen molar-refractivity contribution in [2.45, 2.75) is 38.8 Å². The summed E-state index contributed by atoms with van der Waals surface area (Å²) >= 11 is 0. The highest BCUT2D eigenvalue weighted by Gasteiger charge is 2.32. The van der Waals surface area contributed by atoms with Crippen LogP contribution in [0.2, 0.25) is 0 Å². The molecule has 0 fully saturated rings. The van der Waals surface area contributed by atoms with E-state index in [9.17, 15) is 23.1 Å². The number of aromatic nitrogens is 1. The van der Waals surface area contributed by atoms with E-state index in [1.807, 2.05) is 49.0 Å². The van der Waals surface area contributed by atoms with Crippen LogP contribution in [0, 0.1) is 5.92 Å². The molecule has 3 aromatic rings. The first-order chi connectivity index (χ1) is 18.9. The molecular weight excluding hydrogens is 532 g/mol. The molecule has 1 aliphatic rings. The first kappa shape index (κ1) is 29.6. The van der Waals surface area contributed by atoms with Gasteiger partial charge in [-0.25, -0.2) is 12.7 Å². The van der Waals surface area contributed by atoms with Gasteiger partial charge in [0.2, 0.25) is 21.8 Å². The maximum atomic E-state index is 13.4. The average Bonchev–Trinajstić information content (AvgIpc) is 3.22. The van der Waals surface area contributed by atoms with Gasteiger partial charge in [0.1, 0.15) is 11.9 Å². The molecule has 0 bridgehead atoms. The van der Waals surface area contributed by atoms with Crippen LogP contribution >= 0.6 is 0 Å². The molecule has 1 aromatic heterocycles. The lowest BCUT2D eigenvalue weighted by molar-refractivity contribution is -0.134. The summed E-state index contributed by atoms with van der Waals surface area (Å²) in [5, 5.41) is 13.8. The molecular formula is C29H38N4O6S. The van der Waals surface area contributed by atoms with Crippen LogP contribution in [0.15, 0.2) is 48.7 Å². The normalized spacial score (nSPS) is 19.0. The van der Waals surface area contributed by atoms with Gasteiger partial charge in [-0.1, -0.05) is 25.1 Å². The SMILES string of the molecule is C[C@H](CO)N1C[C@H](C)[C@@H](CN(C)S(C)(=O)=O)Oc2ccc(NC(=O)Cc3cn(C)c4ccccc34)cc2CC1=O. The lowest BCUT2D eigenvalue weighted by atomic mass is 10.0. The number of hydrogen-bond acceptors (Lipinski definition) is 6. The zero-order valence-electron chi connectivity index (χ0n) is 23.6. The molecule has 0 saturated carbocycles. The molecule has 0 saturated heterocycles. The maximum absolute atomic E-state index is 13.4. The number of rotatable bonds is 8. The first-order valence-electron chi connectivity index (χ1n) is 13.3. The van der Waals surface area contributed by atoms with Crippen molar-refractivity contribution in [3.05, 3.63) is 59.8 Å². The molecule has 0 radical (unpaired) electrons. The Balaban J connectivity index is 1.61. The second-order valence-electron chi connectivity index (χ2n) is 10.8. The predicted molar refractivity (Wildman–Crippen MR) is 155 cm³/mol. The number of nitrogens with zero attached hydrogens (tertiary/aromatic N) is 3. The number of ether oxygens (including phenoxy) is 1. The molecule has 10 nitrogen and oxygen atoms in total. The first-order valence-corrected chi connectivity index (χ1v) is 15.2. The Morgan fingerprint density at radius 2 is 1.98 bits per heavy atom. The van der Waals surface area contributed by atoms with Crippen LogP contribution in [0.3, 0.4) is 0 Å². The minimum Gasteiger partial charge on any atom is -0.488 e. The molecule has 0 unspecified atom stereocenters. The number of carbonyl (C=O) groups is 2. The summed E-state index contributed by atoms with van der Waals surface area (Å²) in [6, 6.07) is 12.6. The van der Waals surface area contributed by atoms with E-state index in [1.54, 1.807) is 30.0 Å². The summed E-state index contributed by atoms with van der Waals surface area (Å²) in [6.45, 7) is 3.86. The highest BCUT2D eigenvalue weighted by atomic mass is 32.2. The van der Waals surface area contributed by atoms with Gasteiger partial charge in [-0.3, -0.25) is 9.59 Å². The number of aliphatic hydroxyl groups excluding tert-OH is 1. The second-order valence-corrected chi connectivity index (χ2v) is 12.9.